The predicted molar refractivity (Wildman–Crippen MR) is 77.0 cm³/mol. The summed E-state index contributed by atoms with van der Waals surface area (Å²) >= 11 is 0. The lowest BCUT2D eigenvalue weighted by Crippen LogP contribution is -2.64. The molecule has 3 fully saturated rings. The molecule has 3 unspecified atom stereocenters. The van der Waals surface area contributed by atoms with E-state index in [2.05, 4.69) is 12.2 Å². The largest absolute Gasteiger partial charge is 0.342 e. The summed E-state index contributed by atoms with van der Waals surface area (Å²) in [6.45, 7) is 6.78. The maximum atomic E-state index is 12.7. The van der Waals surface area contributed by atoms with Gasteiger partial charge in [0, 0.05) is 6.54 Å². The molecule has 0 bridgehead atoms. The molecule has 3 aliphatic rings. The van der Waals surface area contributed by atoms with Crippen LogP contribution in [-0.2, 0) is 9.59 Å². The topological polar surface area (TPSA) is 49.4 Å². The Labute approximate surface area is 121 Å². The fraction of sp³-hybridized carbons (Fsp3) is 0.875. The van der Waals surface area contributed by atoms with Crippen molar-refractivity contribution in [2.45, 2.75) is 65.0 Å². The molecular formula is C16H26N2O2. The molecule has 2 amide bonds. The van der Waals surface area contributed by atoms with Crippen LogP contribution in [0.2, 0.25) is 0 Å². The van der Waals surface area contributed by atoms with E-state index in [0.29, 0.717) is 5.41 Å². The van der Waals surface area contributed by atoms with E-state index in [4.69, 9.17) is 0 Å². The van der Waals surface area contributed by atoms with Crippen LogP contribution in [0, 0.1) is 17.3 Å². The van der Waals surface area contributed by atoms with Gasteiger partial charge in [0.15, 0.2) is 0 Å². The molecule has 20 heavy (non-hydrogen) atoms. The molecule has 112 valence electrons. The van der Waals surface area contributed by atoms with Crippen LogP contribution in [0.15, 0.2) is 0 Å². The van der Waals surface area contributed by atoms with E-state index < -0.39 is 0 Å². The van der Waals surface area contributed by atoms with Crippen LogP contribution in [0.4, 0.5) is 0 Å². The predicted octanol–water partition coefficient (Wildman–Crippen LogP) is 1.94. The molecule has 2 saturated carbocycles. The van der Waals surface area contributed by atoms with Crippen LogP contribution in [0.3, 0.4) is 0 Å². The van der Waals surface area contributed by atoms with Crippen LogP contribution in [-0.4, -0.2) is 35.3 Å². The van der Waals surface area contributed by atoms with Crippen LogP contribution in [0.25, 0.3) is 0 Å². The van der Waals surface area contributed by atoms with Crippen molar-refractivity contribution in [2.24, 2.45) is 17.3 Å². The summed E-state index contributed by atoms with van der Waals surface area (Å²) in [5, 5.41) is 2.92. The van der Waals surface area contributed by atoms with Crippen molar-refractivity contribution in [2.75, 3.05) is 6.54 Å². The summed E-state index contributed by atoms with van der Waals surface area (Å²) in [6.07, 6.45) is 6.02. The van der Waals surface area contributed by atoms with Crippen LogP contribution in [0.1, 0.15) is 52.9 Å². The fourth-order valence-corrected chi connectivity index (χ4v) is 3.57. The maximum Gasteiger partial charge on any atom is 0.246 e. The lowest BCUT2D eigenvalue weighted by atomic mass is 9.92. The zero-order valence-corrected chi connectivity index (χ0v) is 12.8. The Balaban J connectivity index is 1.76. The van der Waals surface area contributed by atoms with Crippen molar-refractivity contribution >= 4 is 11.8 Å². The Bertz CT molecular complexity index is 426. The van der Waals surface area contributed by atoms with E-state index >= 15 is 0 Å². The minimum absolute atomic E-state index is 0.0153. The number of piperazine rings is 1. The monoisotopic (exact) mass is 278 g/mol. The van der Waals surface area contributed by atoms with Gasteiger partial charge < -0.3 is 10.2 Å². The van der Waals surface area contributed by atoms with E-state index in [0.717, 1.165) is 18.9 Å². The van der Waals surface area contributed by atoms with Gasteiger partial charge in [0.05, 0.1) is 0 Å². The van der Waals surface area contributed by atoms with Crippen molar-refractivity contribution in [3.63, 3.8) is 0 Å². The molecule has 1 N–H and O–H groups in total. The van der Waals surface area contributed by atoms with E-state index in [9.17, 15) is 9.59 Å². The number of hydrogen-bond donors (Lipinski definition) is 1. The summed E-state index contributed by atoms with van der Waals surface area (Å²) in [7, 11) is 0. The molecule has 2 aliphatic carbocycles. The van der Waals surface area contributed by atoms with E-state index in [-0.39, 0.29) is 29.8 Å². The molecule has 3 rings (SSSR count). The van der Waals surface area contributed by atoms with Gasteiger partial charge in [-0.25, -0.2) is 0 Å². The quantitative estimate of drug-likeness (QED) is 0.835. The summed E-state index contributed by atoms with van der Waals surface area (Å²) in [6, 6.07) is -0.627. The van der Waals surface area contributed by atoms with Gasteiger partial charge in [-0.2, -0.15) is 0 Å². The molecule has 1 saturated heterocycles. The Morgan fingerprint density at radius 2 is 2.00 bits per heavy atom. The number of nitrogens with zero attached hydrogens (tertiary/aromatic N) is 1. The smallest absolute Gasteiger partial charge is 0.246 e. The third kappa shape index (κ3) is 2.23. The molecule has 0 spiro atoms. The lowest BCUT2D eigenvalue weighted by molar-refractivity contribution is -0.151. The second-order valence-electron chi connectivity index (χ2n) is 7.15. The van der Waals surface area contributed by atoms with Crippen molar-refractivity contribution in [3.8, 4) is 0 Å². The van der Waals surface area contributed by atoms with E-state index in [1.165, 1.54) is 25.7 Å². The van der Waals surface area contributed by atoms with Gasteiger partial charge in [-0.3, -0.25) is 9.59 Å². The first-order valence-electron chi connectivity index (χ1n) is 8.09. The van der Waals surface area contributed by atoms with Gasteiger partial charge in [-0.1, -0.05) is 20.3 Å². The highest BCUT2D eigenvalue weighted by Crippen LogP contribution is 2.61. The first-order valence-corrected chi connectivity index (χ1v) is 8.09. The lowest BCUT2D eigenvalue weighted by Gasteiger charge is -2.41. The molecule has 0 aromatic heterocycles. The zero-order chi connectivity index (χ0) is 14.5. The summed E-state index contributed by atoms with van der Waals surface area (Å²) in [5.74, 6) is 1.17. The first kappa shape index (κ1) is 13.9. The number of rotatable bonds is 5. The number of amides is 2. The van der Waals surface area contributed by atoms with Crippen molar-refractivity contribution in [3.05, 3.63) is 0 Å². The Hall–Kier alpha value is -1.06. The minimum Gasteiger partial charge on any atom is -0.342 e. The third-order valence-corrected chi connectivity index (χ3v) is 5.73. The maximum absolute atomic E-state index is 12.7. The van der Waals surface area contributed by atoms with Gasteiger partial charge in [0.1, 0.15) is 12.1 Å². The zero-order valence-electron chi connectivity index (χ0n) is 12.8. The number of carbonyl (C=O) groups is 2. The second-order valence-corrected chi connectivity index (χ2v) is 7.15. The van der Waals surface area contributed by atoms with Gasteiger partial charge in [0.25, 0.3) is 0 Å². The van der Waals surface area contributed by atoms with Crippen molar-refractivity contribution in [1.29, 1.82) is 0 Å². The first-order chi connectivity index (χ1) is 9.48. The molecule has 1 heterocycles. The van der Waals surface area contributed by atoms with Crippen molar-refractivity contribution < 1.29 is 9.59 Å². The normalized spacial score (nSPS) is 33.9. The van der Waals surface area contributed by atoms with Crippen LogP contribution in [0.5, 0.6) is 0 Å². The summed E-state index contributed by atoms with van der Waals surface area (Å²) in [5.41, 5.74) is 0.363. The van der Waals surface area contributed by atoms with E-state index in [1.54, 1.807) is 0 Å². The third-order valence-electron chi connectivity index (χ3n) is 5.73. The molecule has 0 aromatic carbocycles. The fourth-order valence-electron chi connectivity index (χ4n) is 3.57. The molecular weight excluding hydrogens is 252 g/mol. The van der Waals surface area contributed by atoms with Gasteiger partial charge >= 0.3 is 0 Å². The second kappa shape index (κ2) is 4.74. The highest BCUT2D eigenvalue weighted by molar-refractivity contribution is 5.97. The Kier molecular flexibility index (Phi) is 3.30. The molecule has 4 nitrogen and oxygen atoms in total. The van der Waals surface area contributed by atoms with Crippen LogP contribution >= 0.6 is 0 Å². The van der Waals surface area contributed by atoms with Gasteiger partial charge in [-0.15, -0.1) is 0 Å². The molecule has 0 radical (unpaired) electrons. The molecule has 1 aliphatic heterocycles. The van der Waals surface area contributed by atoms with Gasteiger partial charge in [-0.05, 0) is 49.9 Å². The van der Waals surface area contributed by atoms with E-state index in [1.807, 2.05) is 18.7 Å². The highest BCUT2D eigenvalue weighted by Gasteiger charge is 2.56. The Morgan fingerprint density at radius 3 is 2.50 bits per heavy atom. The molecule has 4 heteroatoms. The number of nitrogens with one attached hydrogen (secondary N) is 1. The molecule has 3 atom stereocenters. The highest BCUT2D eigenvalue weighted by atomic mass is 16.2. The standard InChI is InChI=1S/C16H26N2O2/c1-4-10(2)13-15(20)18(11(3)14(19)17-13)9-16(7-8-16)12-5-6-12/h10-13H,4-9H2,1-3H3,(H,17,19). The average Bonchev–Trinajstić information content (AvgIpc) is 3.29. The van der Waals surface area contributed by atoms with Gasteiger partial charge in [0.2, 0.25) is 11.8 Å². The van der Waals surface area contributed by atoms with Crippen LogP contribution < -0.4 is 5.32 Å². The van der Waals surface area contributed by atoms with Crippen molar-refractivity contribution in [1.82, 2.24) is 10.2 Å². The summed E-state index contributed by atoms with van der Waals surface area (Å²) < 4.78 is 0. The average molecular weight is 278 g/mol. The number of hydrogen-bond acceptors (Lipinski definition) is 2. The minimum atomic E-state index is -0.321. The Morgan fingerprint density at radius 1 is 1.35 bits per heavy atom. The summed E-state index contributed by atoms with van der Waals surface area (Å²) in [4.78, 5) is 26.8. The SMILES string of the molecule is CCC(C)C1NC(=O)C(C)N(CC2(C3CC3)CC2)C1=O. The number of carbonyl (C=O) groups excluding carboxylic acids is 2. The molecule has 0 aromatic rings.